The fourth-order valence-corrected chi connectivity index (χ4v) is 3.42. The molecule has 0 aliphatic carbocycles. The normalized spacial score (nSPS) is 18.8. The zero-order chi connectivity index (χ0) is 16.4. The molecular formula is C19H29N3O. The van der Waals surface area contributed by atoms with E-state index >= 15 is 0 Å². The fourth-order valence-electron chi connectivity index (χ4n) is 3.42. The predicted molar refractivity (Wildman–Crippen MR) is 96.3 cm³/mol. The number of hydrogen-bond donors (Lipinski definition) is 0. The number of nitrogens with zero attached hydrogens (tertiary/aromatic N) is 3. The van der Waals surface area contributed by atoms with E-state index in [1.165, 1.54) is 16.9 Å². The zero-order valence-electron chi connectivity index (χ0n) is 14.7. The smallest absolute Gasteiger partial charge is 0.142 e. The third-order valence-electron chi connectivity index (χ3n) is 4.94. The molecule has 4 heteroatoms. The Hall–Kier alpha value is -1.68. The molecule has 23 heavy (non-hydrogen) atoms. The highest BCUT2D eigenvalue weighted by Crippen LogP contribution is 2.32. The van der Waals surface area contributed by atoms with Crippen molar-refractivity contribution in [3.8, 4) is 5.75 Å². The molecule has 3 rings (SSSR count). The Morgan fingerprint density at radius 3 is 2.61 bits per heavy atom. The lowest BCUT2D eigenvalue weighted by atomic mass is 10.1. The average Bonchev–Trinajstić information content (AvgIpc) is 2.55. The Balaban J connectivity index is 1.62. The SMILES string of the molecule is C=C(CN1CCOc2ccc(C)cc21)N1CCN(C(C)C)CC1. The number of hydrogen-bond acceptors (Lipinski definition) is 4. The number of fused-ring (bicyclic) bond motifs is 1. The van der Waals surface area contributed by atoms with Crippen molar-refractivity contribution in [1.82, 2.24) is 9.80 Å². The summed E-state index contributed by atoms with van der Waals surface area (Å²) in [5, 5.41) is 0. The first kappa shape index (κ1) is 16.2. The average molecular weight is 315 g/mol. The van der Waals surface area contributed by atoms with E-state index in [2.05, 4.69) is 60.2 Å². The molecule has 0 N–H and O–H groups in total. The maximum Gasteiger partial charge on any atom is 0.142 e. The first-order valence-electron chi connectivity index (χ1n) is 8.70. The number of anilines is 1. The van der Waals surface area contributed by atoms with Crippen molar-refractivity contribution in [2.24, 2.45) is 0 Å². The molecule has 0 radical (unpaired) electrons. The Morgan fingerprint density at radius 1 is 1.17 bits per heavy atom. The maximum atomic E-state index is 5.78. The highest BCUT2D eigenvalue weighted by Gasteiger charge is 2.23. The monoisotopic (exact) mass is 315 g/mol. The van der Waals surface area contributed by atoms with Gasteiger partial charge in [-0.1, -0.05) is 12.6 Å². The molecule has 0 aromatic heterocycles. The first-order chi connectivity index (χ1) is 11.0. The third kappa shape index (κ3) is 3.63. The van der Waals surface area contributed by atoms with Crippen LogP contribution < -0.4 is 9.64 Å². The molecule has 0 amide bonds. The minimum absolute atomic E-state index is 0.638. The minimum atomic E-state index is 0.638. The number of rotatable bonds is 4. The Kier molecular flexibility index (Phi) is 4.81. The summed E-state index contributed by atoms with van der Waals surface area (Å²) in [6, 6.07) is 7.06. The van der Waals surface area contributed by atoms with Gasteiger partial charge in [-0.25, -0.2) is 0 Å². The molecule has 1 aromatic rings. The molecule has 2 heterocycles. The van der Waals surface area contributed by atoms with Crippen LogP contribution in [0.2, 0.25) is 0 Å². The van der Waals surface area contributed by atoms with Crippen molar-refractivity contribution in [3.05, 3.63) is 36.0 Å². The molecule has 0 atom stereocenters. The van der Waals surface area contributed by atoms with Crippen molar-refractivity contribution in [1.29, 1.82) is 0 Å². The standard InChI is InChI=1S/C19H29N3O/c1-15(2)20-7-9-21(10-8-20)17(4)14-22-11-12-23-19-6-5-16(3)13-18(19)22/h5-6,13,15H,4,7-12,14H2,1-3H3. The summed E-state index contributed by atoms with van der Waals surface area (Å²) in [7, 11) is 0. The van der Waals surface area contributed by atoms with Crippen LogP contribution in [0.25, 0.3) is 0 Å². The molecule has 1 fully saturated rings. The molecular weight excluding hydrogens is 286 g/mol. The molecule has 4 nitrogen and oxygen atoms in total. The summed E-state index contributed by atoms with van der Waals surface area (Å²) in [6.45, 7) is 18.1. The van der Waals surface area contributed by atoms with Gasteiger partial charge in [0, 0.05) is 37.9 Å². The molecule has 0 spiro atoms. The van der Waals surface area contributed by atoms with Gasteiger partial charge in [0.25, 0.3) is 0 Å². The largest absolute Gasteiger partial charge is 0.490 e. The van der Waals surface area contributed by atoms with Crippen LogP contribution in [0.4, 0.5) is 5.69 Å². The zero-order valence-corrected chi connectivity index (χ0v) is 14.7. The quantitative estimate of drug-likeness (QED) is 0.850. The van der Waals surface area contributed by atoms with Crippen LogP contribution in [0.3, 0.4) is 0 Å². The summed E-state index contributed by atoms with van der Waals surface area (Å²) in [4.78, 5) is 7.39. The van der Waals surface area contributed by atoms with Crippen LogP contribution >= 0.6 is 0 Å². The molecule has 1 aromatic carbocycles. The van der Waals surface area contributed by atoms with Crippen LogP contribution in [0.5, 0.6) is 5.75 Å². The topological polar surface area (TPSA) is 19.0 Å². The van der Waals surface area contributed by atoms with Gasteiger partial charge in [0.05, 0.1) is 18.8 Å². The lowest BCUT2D eigenvalue weighted by Gasteiger charge is -2.41. The van der Waals surface area contributed by atoms with E-state index in [4.69, 9.17) is 4.74 Å². The van der Waals surface area contributed by atoms with Crippen LogP contribution in [-0.4, -0.2) is 61.7 Å². The number of aryl methyl sites for hydroxylation is 1. The van der Waals surface area contributed by atoms with Crippen LogP contribution in [0.15, 0.2) is 30.5 Å². The lowest BCUT2D eigenvalue weighted by Crippen LogP contribution is -2.49. The third-order valence-corrected chi connectivity index (χ3v) is 4.94. The van der Waals surface area contributed by atoms with E-state index in [1.807, 2.05) is 0 Å². The highest BCUT2D eigenvalue weighted by atomic mass is 16.5. The molecule has 0 saturated carbocycles. The maximum absolute atomic E-state index is 5.78. The van der Waals surface area contributed by atoms with E-state index < -0.39 is 0 Å². The molecule has 126 valence electrons. The van der Waals surface area contributed by atoms with E-state index in [0.717, 1.165) is 51.6 Å². The summed E-state index contributed by atoms with van der Waals surface area (Å²) in [5.74, 6) is 0.999. The van der Waals surface area contributed by atoms with Crippen molar-refractivity contribution < 1.29 is 4.74 Å². The van der Waals surface area contributed by atoms with E-state index in [9.17, 15) is 0 Å². The van der Waals surface area contributed by atoms with Crippen molar-refractivity contribution in [3.63, 3.8) is 0 Å². The molecule has 0 bridgehead atoms. The second-order valence-electron chi connectivity index (χ2n) is 6.92. The Morgan fingerprint density at radius 2 is 1.91 bits per heavy atom. The van der Waals surface area contributed by atoms with Gasteiger partial charge in [-0.15, -0.1) is 0 Å². The van der Waals surface area contributed by atoms with Gasteiger partial charge >= 0.3 is 0 Å². The van der Waals surface area contributed by atoms with Gasteiger partial charge in [0.2, 0.25) is 0 Å². The van der Waals surface area contributed by atoms with Crippen molar-refractivity contribution in [2.45, 2.75) is 26.8 Å². The van der Waals surface area contributed by atoms with Gasteiger partial charge < -0.3 is 14.5 Å². The molecule has 1 saturated heterocycles. The predicted octanol–water partition coefficient (Wildman–Crippen LogP) is 2.73. The van der Waals surface area contributed by atoms with Gasteiger partial charge in [0.15, 0.2) is 0 Å². The molecule has 2 aliphatic rings. The molecule has 2 aliphatic heterocycles. The Labute approximate surface area is 140 Å². The fraction of sp³-hybridized carbons (Fsp3) is 0.579. The summed E-state index contributed by atoms with van der Waals surface area (Å²) in [5.41, 5.74) is 3.70. The van der Waals surface area contributed by atoms with Crippen molar-refractivity contribution in [2.75, 3.05) is 50.8 Å². The van der Waals surface area contributed by atoms with E-state index in [-0.39, 0.29) is 0 Å². The van der Waals surface area contributed by atoms with E-state index in [1.54, 1.807) is 0 Å². The first-order valence-corrected chi connectivity index (χ1v) is 8.70. The highest BCUT2D eigenvalue weighted by molar-refractivity contribution is 5.61. The summed E-state index contributed by atoms with van der Waals surface area (Å²) < 4.78 is 5.78. The second kappa shape index (κ2) is 6.83. The van der Waals surface area contributed by atoms with Crippen LogP contribution in [0, 0.1) is 6.92 Å². The number of ether oxygens (including phenoxy) is 1. The van der Waals surface area contributed by atoms with Gasteiger partial charge in [-0.3, -0.25) is 4.90 Å². The lowest BCUT2D eigenvalue weighted by molar-refractivity contribution is 0.129. The molecule has 0 unspecified atom stereocenters. The van der Waals surface area contributed by atoms with Gasteiger partial charge in [-0.05, 0) is 38.5 Å². The minimum Gasteiger partial charge on any atom is -0.490 e. The van der Waals surface area contributed by atoms with E-state index in [0.29, 0.717) is 6.04 Å². The van der Waals surface area contributed by atoms with Crippen LogP contribution in [-0.2, 0) is 0 Å². The second-order valence-corrected chi connectivity index (χ2v) is 6.92. The summed E-state index contributed by atoms with van der Waals surface area (Å²) in [6.07, 6.45) is 0. The number of benzene rings is 1. The van der Waals surface area contributed by atoms with Gasteiger partial charge in [0.1, 0.15) is 12.4 Å². The Bertz CT molecular complexity index is 562. The van der Waals surface area contributed by atoms with Crippen molar-refractivity contribution >= 4 is 5.69 Å². The van der Waals surface area contributed by atoms with Gasteiger partial charge in [-0.2, -0.15) is 0 Å². The summed E-state index contributed by atoms with van der Waals surface area (Å²) >= 11 is 0. The number of piperazine rings is 1. The van der Waals surface area contributed by atoms with Crippen LogP contribution in [0.1, 0.15) is 19.4 Å².